The number of thiophene rings is 1. The van der Waals surface area contributed by atoms with E-state index in [0.717, 1.165) is 34.4 Å². The minimum Gasteiger partial charge on any atom is -0.447 e. The highest BCUT2D eigenvalue weighted by molar-refractivity contribution is 7.18. The van der Waals surface area contributed by atoms with Crippen LogP contribution in [0.4, 0.5) is 4.79 Å². The van der Waals surface area contributed by atoms with Gasteiger partial charge in [-0.25, -0.2) is 14.7 Å². The number of rotatable bonds is 1. The predicted molar refractivity (Wildman–Crippen MR) is 117 cm³/mol. The highest BCUT2D eigenvalue weighted by atomic mass is 32.1. The van der Waals surface area contributed by atoms with Gasteiger partial charge in [-0.05, 0) is 30.2 Å². The van der Waals surface area contributed by atoms with Crippen LogP contribution in [0.3, 0.4) is 0 Å². The van der Waals surface area contributed by atoms with Crippen LogP contribution in [0, 0.1) is 5.41 Å². The van der Waals surface area contributed by atoms with Gasteiger partial charge in [0.1, 0.15) is 11.4 Å². The molecule has 0 radical (unpaired) electrons. The summed E-state index contributed by atoms with van der Waals surface area (Å²) in [5.41, 5.74) is 1.62. The SMILES string of the molecule is CC1(C)CCc2c(sc3nc[nH]c(=O)c23)C1.O=CN1CCOC1=O.c1ccccc1. The summed E-state index contributed by atoms with van der Waals surface area (Å²) in [6.45, 7) is 5.30. The lowest BCUT2D eigenvalue weighted by Gasteiger charge is -2.29. The number of imide groups is 1. The quantitative estimate of drug-likeness (QED) is 0.597. The first-order valence-electron chi connectivity index (χ1n) is 9.78. The summed E-state index contributed by atoms with van der Waals surface area (Å²) < 4.78 is 4.41. The lowest BCUT2D eigenvalue weighted by atomic mass is 9.77. The van der Waals surface area contributed by atoms with E-state index in [9.17, 15) is 14.4 Å². The number of fused-ring (bicyclic) bond motifs is 3. The molecule has 0 spiro atoms. The number of carbonyl (C=O) groups excluding carboxylic acids is 2. The Bertz CT molecular complexity index is 1030. The Morgan fingerprint density at radius 3 is 2.37 bits per heavy atom. The Balaban J connectivity index is 0.000000152. The standard InChI is InChI=1S/C12H14N2OS.C6H6.C4H5NO3/c1-12(2)4-3-7-8(5-12)16-11-9(7)10(15)13-6-14-11;1-2-4-6-5-3-1;6-3-5-1-2-8-4(5)7/h6H,3-5H2,1-2H3,(H,13,14,15);1-6H;3H,1-2H2. The molecule has 1 saturated heterocycles. The molecule has 3 aromatic rings. The van der Waals surface area contributed by atoms with Crippen LogP contribution in [0.15, 0.2) is 47.5 Å². The Morgan fingerprint density at radius 1 is 1.17 bits per heavy atom. The molecule has 1 aliphatic heterocycles. The molecule has 0 saturated carbocycles. The van der Waals surface area contributed by atoms with Gasteiger partial charge in [0.05, 0.1) is 18.3 Å². The summed E-state index contributed by atoms with van der Waals surface area (Å²) in [5.74, 6) is 0. The maximum atomic E-state index is 11.8. The van der Waals surface area contributed by atoms with Gasteiger partial charge < -0.3 is 9.72 Å². The Labute approximate surface area is 178 Å². The van der Waals surface area contributed by atoms with Crippen LogP contribution in [0.1, 0.15) is 30.7 Å². The van der Waals surface area contributed by atoms with E-state index in [1.165, 1.54) is 16.8 Å². The second-order valence-corrected chi connectivity index (χ2v) is 8.91. The molecule has 158 valence electrons. The highest BCUT2D eigenvalue weighted by Crippen LogP contribution is 2.40. The third-order valence-electron chi connectivity index (χ3n) is 4.95. The van der Waals surface area contributed by atoms with Crippen LogP contribution < -0.4 is 5.56 Å². The Morgan fingerprint density at radius 2 is 1.83 bits per heavy atom. The van der Waals surface area contributed by atoms with Crippen molar-refractivity contribution in [2.45, 2.75) is 33.1 Å². The number of benzene rings is 1. The van der Waals surface area contributed by atoms with Crippen molar-refractivity contribution in [3.8, 4) is 0 Å². The smallest absolute Gasteiger partial charge is 0.416 e. The molecule has 2 aliphatic rings. The third kappa shape index (κ3) is 5.33. The molecule has 5 rings (SSSR count). The fourth-order valence-electron chi connectivity index (χ4n) is 3.32. The zero-order chi connectivity index (χ0) is 21.6. The molecule has 8 heteroatoms. The monoisotopic (exact) mass is 427 g/mol. The van der Waals surface area contributed by atoms with Gasteiger partial charge in [-0.3, -0.25) is 9.59 Å². The normalized spacial score (nSPS) is 16.5. The van der Waals surface area contributed by atoms with Crippen molar-refractivity contribution in [1.29, 1.82) is 0 Å². The maximum absolute atomic E-state index is 11.8. The molecule has 0 atom stereocenters. The van der Waals surface area contributed by atoms with Gasteiger partial charge in [0.2, 0.25) is 6.41 Å². The van der Waals surface area contributed by atoms with E-state index in [4.69, 9.17) is 0 Å². The molecule has 1 N–H and O–H groups in total. The number of ether oxygens (including phenoxy) is 1. The molecule has 0 unspecified atom stereocenters. The number of amides is 2. The van der Waals surface area contributed by atoms with E-state index in [0.29, 0.717) is 25.0 Å². The number of hydrogen-bond donors (Lipinski definition) is 1. The molecule has 30 heavy (non-hydrogen) atoms. The van der Waals surface area contributed by atoms with Crippen molar-refractivity contribution in [3.05, 3.63) is 63.5 Å². The first kappa shape index (κ1) is 21.7. The van der Waals surface area contributed by atoms with E-state index in [1.807, 2.05) is 36.4 Å². The average Bonchev–Trinajstić information content (AvgIpc) is 3.32. The van der Waals surface area contributed by atoms with Gasteiger partial charge in [0.25, 0.3) is 5.56 Å². The largest absolute Gasteiger partial charge is 0.447 e. The maximum Gasteiger partial charge on any atom is 0.416 e. The fourth-order valence-corrected chi connectivity index (χ4v) is 4.77. The van der Waals surface area contributed by atoms with Crippen molar-refractivity contribution in [2.75, 3.05) is 13.2 Å². The van der Waals surface area contributed by atoms with Gasteiger partial charge in [-0.15, -0.1) is 11.3 Å². The molecule has 2 amide bonds. The summed E-state index contributed by atoms with van der Waals surface area (Å²) in [4.78, 5) is 42.1. The molecule has 2 aromatic heterocycles. The van der Waals surface area contributed by atoms with Crippen LogP contribution in [0.5, 0.6) is 0 Å². The number of nitrogens with one attached hydrogen (secondary N) is 1. The van der Waals surface area contributed by atoms with Gasteiger partial charge >= 0.3 is 6.09 Å². The number of nitrogens with zero attached hydrogens (tertiary/aromatic N) is 2. The van der Waals surface area contributed by atoms with E-state index >= 15 is 0 Å². The summed E-state index contributed by atoms with van der Waals surface area (Å²) in [6.07, 6.45) is 4.66. The summed E-state index contributed by atoms with van der Waals surface area (Å²) in [7, 11) is 0. The second kappa shape index (κ2) is 9.67. The third-order valence-corrected chi connectivity index (χ3v) is 6.09. The first-order valence-corrected chi connectivity index (χ1v) is 10.6. The molecular weight excluding hydrogens is 402 g/mol. The van der Waals surface area contributed by atoms with Gasteiger partial charge in [-0.1, -0.05) is 50.2 Å². The summed E-state index contributed by atoms with van der Waals surface area (Å²) in [6, 6.07) is 12.0. The van der Waals surface area contributed by atoms with Crippen LogP contribution in [-0.4, -0.2) is 40.5 Å². The van der Waals surface area contributed by atoms with Crippen LogP contribution in [0.2, 0.25) is 0 Å². The van der Waals surface area contributed by atoms with Gasteiger partial charge in [0.15, 0.2) is 0 Å². The lowest BCUT2D eigenvalue weighted by molar-refractivity contribution is -0.115. The molecular formula is C22H25N3O4S. The number of H-pyrrole nitrogens is 1. The Kier molecular flexibility index (Phi) is 6.99. The predicted octanol–water partition coefficient (Wildman–Crippen LogP) is 3.78. The number of cyclic esters (lactones) is 1. The summed E-state index contributed by atoms with van der Waals surface area (Å²) >= 11 is 1.69. The minimum atomic E-state index is -0.542. The van der Waals surface area contributed by atoms with Gasteiger partial charge in [-0.2, -0.15) is 0 Å². The zero-order valence-electron chi connectivity index (χ0n) is 17.1. The highest BCUT2D eigenvalue weighted by Gasteiger charge is 2.29. The van der Waals surface area contributed by atoms with Crippen LogP contribution in [0.25, 0.3) is 10.2 Å². The van der Waals surface area contributed by atoms with Crippen molar-refractivity contribution in [2.24, 2.45) is 5.41 Å². The Hall–Kier alpha value is -3.00. The van der Waals surface area contributed by atoms with Crippen LogP contribution in [-0.2, 0) is 22.4 Å². The van der Waals surface area contributed by atoms with Gasteiger partial charge in [0, 0.05) is 4.88 Å². The zero-order valence-corrected chi connectivity index (χ0v) is 17.9. The number of aromatic nitrogens is 2. The van der Waals surface area contributed by atoms with Crippen molar-refractivity contribution < 1.29 is 14.3 Å². The number of aryl methyl sites for hydroxylation is 1. The molecule has 7 nitrogen and oxygen atoms in total. The van der Waals surface area contributed by atoms with Crippen molar-refractivity contribution in [1.82, 2.24) is 14.9 Å². The molecule has 3 heterocycles. The van der Waals surface area contributed by atoms with Crippen molar-refractivity contribution >= 4 is 34.1 Å². The minimum absolute atomic E-state index is 0.0159. The first-order chi connectivity index (χ1) is 14.4. The molecule has 1 fully saturated rings. The van der Waals surface area contributed by atoms with E-state index < -0.39 is 6.09 Å². The number of aromatic amines is 1. The average molecular weight is 428 g/mol. The van der Waals surface area contributed by atoms with Crippen LogP contribution >= 0.6 is 11.3 Å². The van der Waals surface area contributed by atoms with Crippen molar-refractivity contribution in [3.63, 3.8) is 0 Å². The molecule has 1 aliphatic carbocycles. The molecule has 1 aromatic carbocycles. The number of carbonyl (C=O) groups is 2. The second-order valence-electron chi connectivity index (χ2n) is 7.82. The summed E-state index contributed by atoms with van der Waals surface area (Å²) in [5, 5.41) is 0.831. The molecule has 0 bridgehead atoms. The van der Waals surface area contributed by atoms with E-state index in [-0.39, 0.29) is 5.56 Å². The van der Waals surface area contributed by atoms with E-state index in [1.54, 1.807) is 11.3 Å². The number of hydrogen-bond acceptors (Lipinski definition) is 6. The topological polar surface area (TPSA) is 92.4 Å². The fraction of sp³-hybridized carbons (Fsp3) is 0.364. The lowest BCUT2D eigenvalue weighted by Crippen LogP contribution is -2.21. The van der Waals surface area contributed by atoms with E-state index in [2.05, 4.69) is 28.6 Å².